The molecule has 4 aliphatic heterocycles. The average molecular weight is 747 g/mol. The fourth-order valence-electron chi connectivity index (χ4n) is 6.56. The quantitative estimate of drug-likeness (QED) is 0.175. The van der Waals surface area contributed by atoms with Crippen LogP contribution in [0, 0.1) is 0 Å². The average Bonchev–Trinajstić information content (AvgIpc) is 2.99. The summed E-state index contributed by atoms with van der Waals surface area (Å²) < 4.78 is 69.2. The largest absolute Gasteiger partial charge is 0.461 e. The predicted octanol–water partition coefficient (Wildman–Crippen LogP) is 3.62. The summed E-state index contributed by atoms with van der Waals surface area (Å²) in [5, 5.41) is 0. The van der Waals surface area contributed by atoms with Crippen molar-refractivity contribution in [1.29, 1.82) is 0 Å². The first-order chi connectivity index (χ1) is 24.4. The van der Waals surface area contributed by atoms with Crippen LogP contribution in [-0.4, -0.2) is 123 Å². The third kappa shape index (κ3) is 13.4. The number of hydrogen-bond donors (Lipinski definition) is 0. The van der Waals surface area contributed by atoms with E-state index in [9.17, 15) is 19.2 Å². The Labute approximate surface area is 305 Å². The molecule has 4 fully saturated rings. The lowest BCUT2D eigenvalue weighted by Crippen LogP contribution is -2.48. The van der Waals surface area contributed by atoms with Crippen LogP contribution in [0.4, 0.5) is 0 Å². The third-order valence-electron chi connectivity index (χ3n) is 9.19. The van der Waals surface area contributed by atoms with E-state index in [2.05, 4.69) is 0 Å². The zero-order chi connectivity index (χ0) is 38.2. The van der Waals surface area contributed by atoms with Crippen molar-refractivity contribution in [3.8, 4) is 0 Å². The van der Waals surface area contributed by atoms with Gasteiger partial charge in [0.25, 0.3) is 0 Å². The fourth-order valence-corrected chi connectivity index (χ4v) is 6.56. The maximum absolute atomic E-state index is 13.5. The lowest BCUT2D eigenvalue weighted by atomic mass is 10.1. The maximum atomic E-state index is 13.5. The van der Waals surface area contributed by atoms with Gasteiger partial charge in [0.15, 0.2) is 35.4 Å². The van der Waals surface area contributed by atoms with Crippen LogP contribution in [-0.2, 0) is 76.0 Å². The van der Waals surface area contributed by atoms with Crippen LogP contribution in [0.5, 0.6) is 0 Å². The van der Waals surface area contributed by atoms with Gasteiger partial charge in [-0.15, -0.1) is 0 Å². The van der Waals surface area contributed by atoms with Gasteiger partial charge in [0.1, 0.15) is 13.2 Å². The second-order valence-corrected chi connectivity index (χ2v) is 14.9. The Kier molecular flexibility index (Phi) is 14.9. The molecule has 52 heavy (non-hydrogen) atoms. The van der Waals surface area contributed by atoms with Crippen LogP contribution in [0.15, 0.2) is 0 Å². The Balaban J connectivity index is 1.52. The van der Waals surface area contributed by atoms with Gasteiger partial charge < -0.3 is 56.8 Å². The smallest absolute Gasteiger partial charge is 0.311 e. The number of carbonyl (C=O) groups is 4. The topological polar surface area (TPSA) is 179 Å². The molecule has 0 aromatic carbocycles. The number of carbonyl (C=O) groups excluding carboxylic acids is 4. The molecule has 298 valence electrons. The Bertz CT molecular complexity index is 1140. The SMILES string of the molecule is CC1CCOC(C)(CC(=O)OC[C@H](OC(=O)CC2(C)OCCC(C)O2)[C@@H](COC(=O)CC2(C)OCCC(C)O2)OC(=O)CC2(C)OCCC(C)O2)O1. The normalized spacial score (nSPS) is 36.5. The molecule has 0 bridgehead atoms. The van der Waals surface area contributed by atoms with Gasteiger partial charge in [0, 0.05) is 0 Å². The molecular weight excluding hydrogens is 688 g/mol. The van der Waals surface area contributed by atoms with Gasteiger partial charge in [0.05, 0.1) is 76.5 Å². The Morgan fingerprint density at radius 2 is 0.731 bits per heavy atom. The molecule has 8 unspecified atom stereocenters. The first kappa shape index (κ1) is 42.3. The van der Waals surface area contributed by atoms with Gasteiger partial charge in [-0.05, 0) is 81.1 Å². The van der Waals surface area contributed by atoms with Gasteiger partial charge in [-0.2, -0.15) is 0 Å². The molecular formula is C36H58O16. The van der Waals surface area contributed by atoms with E-state index < -0.39 is 72.4 Å². The van der Waals surface area contributed by atoms with Crippen LogP contribution < -0.4 is 0 Å². The zero-order valence-corrected chi connectivity index (χ0v) is 31.9. The van der Waals surface area contributed by atoms with Gasteiger partial charge in [-0.3, -0.25) is 19.2 Å². The number of esters is 4. The molecule has 16 nitrogen and oxygen atoms in total. The second-order valence-electron chi connectivity index (χ2n) is 14.9. The highest BCUT2D eigenvalue weighted by molar-refractivity contribution is 5.73. The lowest BCUT2D eigenvalue weighted by Gasteiger charge is -2.38. The third-order valence-corrected chi connectivity index (χ3v) is 9.19. The first-order valence-electron chi connectivity index (χ1n) is 18.3. The van der Waals surface area contributed by atoms with E-state index >= 15 is 0 Å². The number of rotatable bonds is 15. The lowest BCUT2D eigenvalue weighted by molar-refractivity contribution is -0.286. The second kappa shape index (κ2) is 18.3. The predicted molar refractivity (Wildman–Crippen MR) is 178 cm³/mol. The van der Waals surface area contributed by atoms with Crippen LogP contribution in [0.1, 0.15) is 107 Å². The molecule has 0 saturated carbocycles. The van der Waals surface area contributed by atoms with E-state index in [1.54, 1.807) is 27.7 Å². The van der Waals surface area contributed by atoms with Gasteiger partial charge >= 0.3 is 23.9 Å². The standard InChI is InChI=1S/C36H58O16/c1-23-9-13-43-33(5,49-23)17-29(37)41-21-27(47-31(39)19-35(7)45-15-11-25(3)51-35)28(48-32(40)20-36(8)46-16-12-26(4)52-36)22-42-30(38)18-34(6)44-14-10-24(2)50-34/h23-28H,9-22H2,1-8H3/t23?,24?,25?,26?,27-,28+,33?,34?,35?,36?. The number of ether oxygens (including phenoxy) is 12. The fraction of sp³-hybridized carbons (Fsp3) is 0.889. The van der Waals surface area contributed by atoms with Crippen molar-refractivity contribution in [2.24, 2.45) is 0 Å². The molecule has 0 spiro atoms. The molecule has 0 aromatic heterocycles. The van der Waals surface area contributed by atoms with Crippen molar-refractivity contribution < 1.29 is 76.0 Å². The van der Waals surface area contributed by atoms with Gasteiger partial charge in [0.2, 0.25) is 0 Å². The van der Waals surface area contributed by atoms with Crippen molar-refractivity contribution in [3.63, 3.8) is 0 Å². The minimum absolute atomic E-state index is 0.135. The minimum Gasteiger partial charge on any atom is -0.461 e. The van der Waals surface area contributed by atoms with Crippen LogP contribution >= 0.6 is 0 Å². The maximum Gasteiger partial charge on any atom is 0.311 e. The minimum atomic E-state index is -1.43. The van der Waals surface area contributed by atoms with E-state index in [-0.39, 0.29) is 50.1 Å². The van der Waals surface area contributed by atoms with Gasteiger partial charge in [-0.1, -0.05) is 0 Å². The molecule has 4 aliphatic rings. The summed E-state index contributed by atoms with van der Waals surface area (Å²) >= 11 is 0. The molecule has 0 aliphatic carbocycles. The van der Waals surface area contributed by atoms with E-state index in [0.29, 0.717) is 52.1 Å². The molecule has 0 aromatic rings. The monoisotopic (exact) mass is 746 g/mol. The molecule has 0 amide bonds. The van der Waals surface area contributed by atoms with Crippen LogP contribution in [0.2, 0.25) is 0 Å². The molecule has 4 heterocycles. The van der Waals surface area contributed by atoms with Crippen molar-refractivity contribution in [3.05, 3.63) is 0 Å². The van der Waals surface area contributed by atoms with Gasteiger partial charge in [-0.25, -0.2) is 0 Å². The highest BCUT2D eigenvalue weighted by atomic mass is 16.7. The van der Waals surface area contributed by atoms with Crippen molar-refractivity contribution in [2.45, 2.75) is 167 Å². The summed E-state index contributed by atoms with van der Waals surface area (Å²) in [6.45, 7) is 14.4. The Morgan fingerprint density at radius 1 is 0.481 bits per heavy atom. The van der Waals surface area contributed by atoms with Crippen LogP contribution in [0.25, 0.3) is 0 Å². The van der Waals surface area contributed by atoms with Crippen molar-refractivity contribution in [2.75, 3.05) is 39.6 Å². The van der Waals surface area contributed by atoms with Crippen molar-refractivity contribution >= 4 is 23.9 Å². The molecule has 4 saturated heterocycles. The summed E-state index contributed by atoms with van der Waals surface area (Å²) in [7, 11) is 0. The van der Waals surface area contributed by atoms with E-state index in [1.807, 2.05) is 27.7 Å². The summed E-state index contributed by atoms with van der Waals surface area (Å²) in [5.41, 5.74) is 0. The highest BCUT2D eigenvalue weighted by Crippen LogP contribution is 2.30. The van der Waals surface area contributed by atoms with Crippen molar-refractivity contribution in [1.82, 2.24) is 0 Å². The molecule has 10 atom stereocenters. The number of hydrogen-bond acceptors (Lipinski definition) is 16. The van der Waals surface area contributed by atoms with E-state index in [0.717, 1.165) is 0 Å². The molecule has 0 radical (unpaired) electrons. The van der Waals surface area contributed by atoms with Crippen LogP contribution in [0.3, 0.4) is 0 Å². The highest BCUT2D eigenvalue weighted by Gasteiger charge is 2.42. The zero-order valence-electron chi connectivity index (χ0n) is 31.9. The van der Waals surface area contributed by atoms with E-state index in [1.165, 1.54) is 0 Å². The molecule has 16 heteroatoms. The molecule has 4 rings (SSSR count). The first-order valence-corrected chi connectivity index (χ1v) is 18.3. The summed E-state index contributed by atoms with van der Waals surface area (Å²) in [4.78, 5) is 53.2. The summed E-state index contributed by atoms with van der Waals surface area (Å²) in [5.74, 6) is -8.08. The summed E-state index contributed by atoms with van der Waals surface area (Å²) in [6.07, 6.45) is -2.03. The summed E-state index contributed by atoms with van der Waals surface area (Å²) in [6, 6.07) is 0. The Hall–Kier alpha value is -2.44. The molecule has 0 N–H and O–H groups in total. The Morgan fingerprint density at radius 3 is 0.981 bits per heavy atom. The van der Waals surface area contributed by atoms with E-state index in [4.69, 9.17) is 56.8 Å².